The van der Waals surface area contributed by atoms with Gasteiger partial charge in [-0.25, -0.2) is 4.79 Å². The van der Waals surface area contributed by atoms with Crippen molar-refractivity contribution in [1.82, 2.24) is 0 Å². The second-order valence-electron chi connectivity index (χ2n) is 5.96. The molecule has 1 aliphatic carbocycles. The van der Waals surface area contributed by atoms with Gasteiger partial charge >= 0.3 is 5.97 Å². The van der Waals surface area contributed by atoms with Crippen molar-refractivity contribution in [2.75, 3.05) is 5.32 Å². The molecule has 20 heavy (non-hydrogen) atoms. The summed E-state index contributed by atoms with van der Waals surface area (Å²) in [6.45, 7) is 4.30. The second-order valence-corrected chi connectivity index (χ2v) is 5.96. The minimum atomic E-state index is -0.861. The summed E-state index contributed by atoms with van der Waals surface area (Å²) < 4.78 is 0. The van der Waals surface area contributed by atoms with E-state index in [1.54, 1.807) is 12.1 Å². The highest BCUT2D eigenvalue weighted by atomic mass is 16.4. The van der Waals surface area contributed by atoms with Gasteiger partial charge in [0.2, 0.25) is 0 Å². The Morgan fingerprint density at radius 1 is 1.30 bits per heavy atom. The largest absolute Gasteiger partial charge is 0.478 e. The summed E-state index contributed by atoms with van der Waals surface area (Å²) in [5.41, 5.74) is 2.45. The molecule has 110 valence electrons. The molecular formula is C17H25NO2. The molecular weight excluding hydrogens is 250 g/mol. The van der Waals surface area contributed by atoms with Gasteiger partial charge in [-0.2, -0.15) is 0 Å². The minimum Gasteiger partial charge on any atom is -0.478 e. The monoisotopic (exact) mass is 275 g/mol. The van der Waals surface area contributed by atoms with E-state index in [1.165, 1.54) is 38.5 Å². The van der Waals surface area contributed by atoms with Gasteiger partial charge in [-0.05, 0) is 49.8 Å². The molecule has 1 aromatic carbocycles. The van der Waals surface area contributed by atoms with Crippen molar-refractivity contribution in [1.29, 1.82) is 0 Å². The highest BCUT2D eigenvalue weighted by molar-refractivity contribution is 5.89. The zero-order chi connectivity index (χ0) is 14.5. The van der Waals surface area contributed by atoms with Crippen LogP contribution in [0.4, 0.5) is 5.69 Å². The molecule has 0 amide bonds. The molecule has 0 aliphatic heterocycles. The van der Waals surface area contributed by atoms with E-state index in [-0.39, 0.29) is 0 Å². The normalized spacial score (nSPS) is 23.1. The third kappa shape index (κ3) is 3.75. The SMILES string of the molecule is CCC1CCCC(Nc2cc(C(=O)O)ccc2C)CC1. The number of aromatic carboxylic acids is 1. The summed E-state index contributed by atoms with van der Waals surface area (Å²) in [6.07, 6.45) is 7.55. The Morgan fingerprint density at radius 3 is 2.80 bits per heavy atom. The van der Waals surface area contributed by atoms with Gasteiger partial charge < -0.3 is 10.4 Å². The Balaban J connectivity index is 2.05. The molecule has 2 atom stereocenters. The first kappa shape index (κ1) is 14.9. The van der Waals surface area contributed by atoms with E-state index in [4.69, 9.17) is 5.11 Å². The maximum absolute atomic E-state index is 11.1. The molecule has 1 saturated carbocycles. The molecule has 0 radical (unpaired) electrons. The molecule has 2 N–H and O–H groups in total. The second kappa shape index (κ2) is 6.78. The standard InChI is InChI=1S/C17H25NO2/c1-3-13-5-4-6-15(10-8-13)18-16-11-14(17(19)20)9-7-12(16)2/h7,9,11,13,15,18H,3-6,8,10H2,1-2H3,(H,19,20). The van der Waals surface area contributed by atoms with E-state index in [0.29, 0.717) is 11.6 Å². The number of carboxylic acid groups (broad SMARTS) is 1. The number of carboxylic acids is 1. The van der Waals surface area contributed by atoms with E-state index >= 15 is 0 Å². The van der Waals surface area contributed by atoms with Crippen LogP contribution in [0.2, 0.25) is 0 Å². The minimum absolute atomic E-state index is 0.359. The predicted molar refractivity (Wildman–Crippen MR) is 82.4 cm³/mol. The lowest BCUT2D eigenvalue weighted by Gasteiger charge is -2.20. The van der Waals surface area contributed by atoms with Crippen LogP contribution < -0.4 is 5.32 Å². The van der Waals surface area contributed by atoms with Crippen LogP contribution >= 0.6 is 0 Å². The van der Waals surface area contributed by atoms with Gasteiger partial charge in [-0.1, -0.05) is 32.3 Å². The van der Waals surface area contributed by atoms with Gasteiger partial charge in [0, 0.05) is 11.7 Å². The van der Waals surface area contributed by atoms with E-state index in [9.17, 15) is 4.79 Å². The van der Waals surface area contributed by atoms with Gasteiger partial charge in [0.05, 0.1) is 5.56 Å². The fourth-order valence-electron chi connectivity index (χ4n) is 3.06. The number of hydrogen-bond acceptors (Lipinski definition) is 2. The molecule has 2 unspecified atom stereocenters. The van der Waals surface area contributed by atoms with Crippen molar-refractivity contribution in [3.63, 3.8) is 0 Å². The number of carbonyl (C=O) groups is 1. The molecule has 1 aromatic rings. The van der Waals surface area contributed by atoms with E-state index < -0.39 is 5.97 Å². The van der Waals surface area contributed by atoms with Crippen LogP contribution in [0, 0.1) is 12.8 Å². The molecule has 0 saturated heterocycles. The summed E-state index contributed by atoms with van der Waals surface area (Å²) >= 11 is 0. The fourth-order valence-corrected chi connectivity index (χ4v) is 3.06. The lowest BCUT2D eigenvalue weighted by molar-refractivity contribution is 0.0697. The molecule has 0 spiro atoms. The molecule has 3 nitrogen and oxygen atoms in total. The smallest absolute Gasteiger partial charge is 0.335 e. The lowest BCUT2D eigenvalue weighted by Crippen LogP contribution is -2.19. The Morgan fingerprint density at radius 2 is 2.10 bits per heavy atom. The molecule has 1 aliphatic rings. The molecule has 1 fully saturated rings. The maximum atomic E-state index is 11.1. The van der Waals surface area contributed by atoms with Crippen molar-refractivity contribution in [3.8, 4) is 0 Å². The average molecular weight is 275 g/mol. The number of benzene rings is 1. The molecule has 2 rings (SSSR count). The zero-order valence-corrected chi connectivity index (χ0v) is 12.5. The van der Waals surface area contributed by atoms with Gasteiger partial charge in [0.25, 0.3) is 0 Å². The third-order valence-electron chi connectivity index (χ3n) is 4.51. The van der Waals surface area contributed by atoms with Crippen molar-refractivity contribution in [2.24, 2.45) is 5.92 Å². The van der Waals surface area contributed by atoms with Crippen LogP contribution in [0.1, 0.15) is 61.4 Å². The fraction of sp³-hybridized carbons (Fsp3) is 0.588. The van der Waals surface area contributed by atoms with Gasteiger partial charge in [-0.15, -0.1) is 0 Å². The molecule has 0 bridgehead atoms. The van der Waals surface area contributed by atoms with Gasteiger partial charge in [-0.3, -0.25) is 0 Å². The Labute approximate surface area is 121 Å². The Bertz CT molecular complexity index is 470. The van der Waals surface area contributed by atoms with Crippen molar-refractivity contribution in [3.05, 3.63) is 29.3 Å². The Hall–Kier alpha value is -1.51. The van der Waals surface area contributed by atoms with Crippen LogP contribution in [-0.4, -0.2) is 17.1 Å². The molecule has 0 aromatic heterocycles. The number of anilines is 1. The molecule has 3 heteroatoms. The average Bonchev–Trinajstić information content (AvgIpc) is 2.66. The van der Waals surface area contributed by atoms with Crippen LogP contribution in [0.3, 0.4) is 0 Å². The Kier molecular flexibility index (Phi) is 5.05. The van der Waals surface area contributed by atoms with Crippen molar-refractivity contribution in [2.45, 2.75) is 58.4 Å². The van der Waals surface area contributed by atoms with Crippen LogP contribution in [0.25, 0.3) is 0 Å². The van der Waals surface area contributed by atoms with Crippen molar-refractivity contribution < 1.29 is 9.90 Å². The number of rotatable bonds is 4. The number of nitrogens with one attached hydrogen (secondary N) is 1. The summed E-state index contributed by atoms with van der Waals surface area (Å²) in [5, 5.41) is 12.7. The first-order valence-corrected chi connectivity index (χ1v) is 7.70. The van der Waals surface area contributed by atoms with E-state index in [2.05, 4.69) is 12.2 Å². The van der Waals surface area contributed by atoms with Gasteiger partial charge in [0.15, 0.2) is 0 Å². The van der Waals surface area contributed by atoms with Crippen molar-refractivity contribution >= 4 is 11.7 Å². The van der Waals surface area contributed by atoms with Gasteiger partial charge in [0.1, 0.15) is 0 Å². The first-order valence-electron chi connectivity index (χ1n) is 7.70. The topological polar surface area (TPSA) is 49.3 Å². The summed E-state index contributed by atoms with van der Waals surface area (Å²) in [5.74, 6) is 0.00761. The summed E-state index contributed by atoms with van der Waals surface area (Å²) in [6, 6.07) is 5.80. The maximum Gasteiger partial charge on any atom is 0.335 e. The third-order valence-corrected chi connectivity index (χ3v) is 4.51. The molecule has 0 heterocycles. The van der Waals surface area contributed by atoms with Crippen LogP contribution in [0.5, 0.6) is 0 Å². The van der Waals surface area contributed by atoms with E-state index in [0.717, 1.165) is 17.2 Å². The quantitative estimate of drug-likeness (QED) is 0.797. The van der Waals surface area contributed by atoms with Crippen LogP contribution in [0.15, 0.2) is 18.2 Å². The zero-order valence-electron chi connectivity index (χ0n) is 12.5. The highest BCUT2D eigenvalue weighted by Crippen LogP contribution is 2.28. The lowest BCUT2D eigenvalue weighted by atomic mass is 9.97. The summed E-state index contributed by atoms with van der Waals surface area (Å²) in [4.78, 5) is 11.1. The summed E-state index contributed by atoms with van der Waals surface area (Å²) in [7, 11) is 0. The number of aryl methyl sites for hydroxylation is 1. The first-order chi connectivity index (χ1) is 9.60. The highest BCUT2D eigenvalue weighted by Gasteiger charge is 2.18. The van der Waals surface area contributed by atoms with Crippen LogP contribution in [-0.2, 0) is 0 Å². The number of hydrogen-bond donors (Lipinski definition) is 2. The van der Waals surface area contributed by atoms with E-state index in [1.807, 2.05) is 13.0 Å². The predicted octanol–water partition coefficient (Wildman–Crippen LogP) is 4.46.